The van der Waals surface area contributed by atoms with E-state index in [9.17, 15) is 4.39 Å². The van der Waals surface area contributed by atoms with Crippen LogP contribution in [0, 0.1) is 0 Å². The van der Waals surface area contributed by atoms with Gasteiger partial charge in [0.05, 0.1) is 0 Å². The number of alkyl halides is 1. The molecule has 0 aliphatic heterocycles. The summed E-state index contributed by atoms with van der Waals surface area (Å²) in [6.45, 7) is 0. The first-order valence-corrected chi connectivity index (χ1v) is 3.73. The Morgan fingerprint density at radius 3 is 2.25 bits per heavy atom. The summed E-state index contributed by atoms with van der Waals surface area (Å²) >= 11 is 0. The van der Waals surface area contributed by atoms with Gasteiger partial charge in [-0.1, -0.05) is 30.3 Å². The van der Waals surface area contributed by atoms with Crippen molar-refractivity contribution in [2.24, 2.45) is 5.73 Å². The van der Waals surface area contributed by atoms with E-state index in [1.807, 2.05) is 18.2 Å². The summed E-state index contributed by atoms with van der Waals surface area (Å²) in [5.41, 5.74) is 4.95. The van der Waals surface area contributed by atoms with E-state index in [-0.39, 0.29) is 18.4 Å². The van der Waals surface area contributed by atoms with Crippen LogP contribution >= 0.6 is 12.4 Å². The molecule has 1 nitrogen and oxygen atoms in total. The summed E-state index contributed by atoms with van der Waals surface area (Å²) in [7, 11) is 0. The normalized spacial score (nSPS) is 32.3. The molecule has 0 spiro atoms. The number of hydrogen-bond donors (Lipinski definition) is 1. The highest BCUT2D eigenvalue weighted by Gasteiger charge is 2.54. The summed E-state index contributed by atoms with van der Waals surface area (Å²) in [6.07, 6.45) is 0.469. The average molecular weight is 188 g/mol. The van der Waals surface area contributed by atoms with Gasteiger partial charge in [-0.05, 0) is 5.56 Å². The second-order valence-electron chi connectivity index (χ2n) is 3.04. The number of rotatable bonds is 1. The molecule has 0 bridgehead atoms. The lowest BCUT2D eigenvalue weighted by Crippen LogP contribution is -2.12. The second kappa shape index (κ2) is 3.04. The van der Waals surface area contributed by atoms with Gasteiger partial charge in [0.15, 0.2) is 5.67 Å². The van der Waals surface area contributed by atoms with Crippen molar-refractivity contribution in [2.45, 2.75) is 18.1 Å². The zero-order valence-electron chi connectivity index (χ0n) is 6.53. The average Bonchev–Trinajstić information content (AvgIpc) is 2.64. The van der Waals surface area contributed by atoms with Gasteiger partial charge in [-0.3, -0.25) is 0 Å². The predicted molar refractivity (Wildman–Crippen MR) is 49.1 cm³/mol. The van der Waals surface area contributed by atoms with Crippen molar-refractivity contribution in [1.82, 2.24) is 0 Å². The van der Waals surface area contributed by atoms with Gasteiger partial charge in [0.1, 0.15) is 0 Å². The van der Waals surface area contributed by atoms with Gasteiger partial charge in [0.25, 0.3) is 0 Å². The minimum atomic E-state index is -1.22. The van der Waals surface area contributed by atoms with E-state index >= 15 is 0 Å². The highest BCUT2D eigenvalue weighted by Crippen LogP contribution is 2.48. The van der Waals surface area contributed by atoms with Crippen molar-refractivity contribution in [1.29, 1.82) is 0 Å². The van der Waals surface area contributed by atoms with Gasteiger partial charge in [0, 0.05) is 12.5 Å². The topological polar surface area (TPSA) is 26.0 Å². The second-order valence-corrected chi connectivity index (χ2v) is 3.04. The molecule has 0 saturated heterocycles. The van der Waals surface area contributed by atoms with Crippen molar-refractivity contribution < 1.29 is 4.39 Å². The zero-order chi connectivity index (χ0) is 7.90. The number of halogens is 2. The third kappa shape index (κ3) is 1.32. The van der Waals surface area contributed by atoms with Crippen molar-refractivity contribution in [2.75, 3.05) is 0 Å². The van der Waals surface area contributed by atoms with Crippen LogP contribution in [-0.2, 0) is 5.67 Å². The molecule has 1 saturated carbocycles. The minimum absolute atomic E-state index is 0. The third-order valence-electron chi connectivity index (χ3n) is 2.20. The maximum atomic E-state index is 13.5. The van der Waals surface area contributed by atoms with Crippen LogP contribution in [-0.4, -0.2) is 6.04 Å². The van der Waals surface area contributed by atoms with Gasteiger partial charge in [-0.2, -0.15) is 0 Å². The van der Waals surface area contributed by atoms with Crippen molar-refractivity contribution in [3.63, 3.8) is 0 Å². The molecule has 2 atom stereocenters. The van der Waals surface area contributed by atoms with Gasteiger partial charge in [-0.25, -0.2) is 4.39 Å². The highest BCUT2D eigenvalue weighted by atomic mass is 35.5. The van der Waals surface area contributed by atoms with E-state index in [0.29, 0.717) is 12.0 Å². The van der Waals surface area contributed by atoms with Crippen LogP contribution in [0.5, 0.6) is 0 Å². The van der Waals surface area contributed by atoms with E-state index in [1.165, 1.54) is 0 Å². The van der Waals surface area contributed by atoms with Crippen LogP contribution < -0.4 is 5.73 Å². The van der Waals surface area contributed by atoms with Crippen LogP contribution in [0.15, 0.2) is 30.3 Å². The fourth-order valence-corrected chi connectivity index (χ4v) is 1.31. The Hall–Kier alpha value is -0.600. The van der Waals surface area contributed by atoms with Gasteiger partial charge in [0.2, 0.25) is 0 Å². The van der Waals surface area contributed by atoms with E-state index in [2.05, 4.69) is 0 Å². The Balaban J connectivity index is 0.000000720. The molecule has 3 heteroatoms. The Labute approximate surface area is 77.2 Å². The van der Waals surface area contributed by atoms with Gasteiger partial charge >= 0.3 is 0 Å². The molecule has 1 fully saturated rings. The van der Waals surface area contributed by atoms with Crippen LogP contribution in [0.3, 0.4) is 0 Å². The first-order chi connectivity index (χ1) is 5.23. The standard InChI is InChI=1S/C9H10FN.ClH/c10-9(6-8(9)11)7-4-2-1-3-5-7;/h1-5,8H,6,11H2;1H/t8-,9-;/m0./s1. The number of nitrogens with two attached hydrogens (primary N) is 1. The molecule has 1 aromatic rings. The molecule has 0 heterocycles. The first kappa shape index (κ1) is 9.49. The molecule has 0 unspecified atom stereocenters. The fraction of sp³-hybridized carbons (Fsp3) is 0.333. The zero-order valence-corrected chi connectivity index (χ0v) is 7.35. The molecule has 1 aromatic carbocycles. The molecule has 0 amide bonds. The third-order valence-corrected chi connectivity index (χ3v) is 2.20. The molecule has 66 valence electrons. The molecule has 1 aliphatic rings. The molecular formula is C9H11ClFN. The quantitative estimate of drug-likeness (QED) is 0.715. The van der Waals surface area contributed by atoms with Crippen LogP contribution in [0.25, 0.3) is 0 Å². The van der Waals surface area contributed by atoms with E-state index in [1.54, 1.807) is 12.1 Å². The summed E-state index contributed by atoms with van der Waals surface area (Å²) in [4.78, 5) is 0. The summed E-state index contributed by atoms with van der Waals surface area (Å²) < 4.78 is 13.5. The van der Waals surface area contributed by atoms with Crippen molar-refractivity contribution in [3.8, 4) is 0 Å². The van der Waals surface area contributed by atoms with E-state index in [4.69, 9.17) is 5.73 Å². The molecule has 0 radical (unpaired) electrons. The molecule has 1 aliphatic carbocycles. The SMILES string of the molecule is Cl.N[C@H]1C[C@]1(F)c1ccccc1. The summed E-state index contributed by atoms with van der Waals surface area (Å²) in [5.74, 6) is 0. The monoisotopic (exact) mass is 187 g/mol. The Bertz CT molecular complexity index is 264. The Morgan fingerprint density at radius 1 is 1.33 bits per heavy atom. The predicted octanol–water partition coefficient (Wildman–Crippen LogP) is 2.00. The molecular weight excluding hydrogens is 177 g/mol. The van der Waals surface area contributed by atoms with E-state index in [0.717, 1.165) is 0 Å². The maximum Gasteiger partial charge on any atom is 0.152 e. The van der Waals surface area contributed by atoms with Crippen LogP contribution in [0.1, 0.15) is 12.0 Å². The number of hydrogen-bond acceptors (Lipinski definition) is 1. The molecule has 0 aromatic heterocycles. The summed E-state index contributed by atoms with van der Waals surface area (Å²) in [6, 6.07) is 8.83. The lowest BCUT2D eigenvalue weighted by molar-refractivity contribution is 0.306. The molecule has 2 N–H and O–H groups in total. The van der Waals surface area contributed by atoms with Gasteiger partial charge < -0.3 is 5.73 Å². The lowest BCUT2D eigenvalue weighted by atomic mass is 10.1. The Kier molecular flexibility index (Phi) is 2.40. The van der Waals surface area contributed by atoms with Crippen molar-refractivity contribution >= 4 is 12.4 Å². The smallest absolute Gasteiger partial charge is 0.152 e. The maximum absolute atomic E-state index is 13.5. The van der Waals surface area contributed by atoms with Crippen LogP contribution in [0.2, 0.25) is 0 Å². The first-order valence-electron chi connectivity index (χ1n) is 3.73. The highest BCUT2D eigenvalue weighted by molar-refractivity contribution is 5.85. The number of benzene rings is 1. The van der Waals surface area contributed by atoms with Crippen molar-refractivity contribution in [3.05, 3.63) is 35.9 Å². The lowest BCUT2D eigenvalue weighted by Gasteiger charge is -2.04. The molecule has 12 heavy (non-hydrogen) atoms. The van der Waals surface area contributed by atoms with Gasteiger partial charge in [-0.15, -0.1) is 12.4 Å². The van der Waals surface area contributed by atoms with Crippen LogP contribution in [0.4, 0.5) is 4.39 Å². The molecule has 2 rings (SSSR count). The fourth-order valence-electron chi connectivity index (χ4n) is 1.31. The minimum Gasteiger partial charge on any atom is -0.325 e. The summed E-state index contributed by atoms with van der Waals surface area (Å²) in [5, 5.41) is 0. The van der Waals surface area contributed by atoms with E-state index < -0.39 is 5.67 Å². The Morgan fingerprint density at radius 2 is 1.83 bits per heavy atom. The largest absolute Gasteiger partial charge is 0.325 e.